The van der Waals surface area contributed by atoms with Gasteiger partial charge in [-0.2, -0.15) is 0 Å². The van der Waals surface area contributed by atoms with Gasteiger partial charge in [0.15, 0.2) is 5.76 Å². The van der Waals surface area contributed by atoms with E-state index in [9.17, 15) is 24.9 Å². The van der Waals surface area contributed by atoms with Crippen LogP contribution in [0.5, 0.6) is 0 Å². The molecule has 10 nitrogen and oxygen atoms in total. The number of aliphatic hydroxyl groups is 3. The molecule has 0 aromatic rings. The summed E-state index contributed by atoms with van der Waals surface area (Å²) in [5.74, 6) is -3.67. The summed E-state index contributed by atoms with van der Waals surface area (Å²) in [5.41, 5.74) is -1.96. The molecular weight excluding hydrogens is 520 g/mol. The van der Waals surface area contributed by atoms with Gasteiger partial charge in [-0.1, -0.05) is 6.92 Å². The van der Waals surface area contributed by atoms with Gasteiger partial charge in [0.05, 0.1) is 29.3 Å². The molecule has 0 unspecified atom stereocenters. The molecular formula is C30H40O10. The van der Waals surface area contributed by atoms with Crippen LogP contribution in [0.4, 0.5) is 0 Å². The number of carbonyl (C=O) groups excluding carboxylic acids is 2. The van der Waals surface area contributed by atoms with Crippen LogP contribution in [-0.2, 0) is 33.3 Å². The molecule has 3 N–H and O–H groups in total. The van der Waals surface area contributed by atoms with Crippen LogP contribution in [0.25, 0.3) is 0 Å². The van der Waals surface area contributed by atoms with Gasteiger partial charge in [-0.25, -0.2) is 4.79 Å². The van der Waals surface area contributed by atoms with Gasteiger partial charge in [0.25, 0.3) is 0 Å². The van der Waals surface area contributed by atoms with E-state index in [1.54, 1.807) is 6.92 Å². The highest BCUT2D eigenvalue weighted by Gasteiger charge is 2.72. The van der Waals surface area contributed by atoms with Crippen molar-refractivity contribution in [1.82, 2.24) is 0 Å². The lowest BCUT2D eigenvalue weighted by Crippen LogP contribution is -2.70. The fraction of sp³-hybridized carbons (Fsp3) is 0.800. The van der Waals surface area contributed by atoms with E-state index in [2.05, 4.69) is 6.92 Å². The van der Waals surface area contributed by atoms with Gasteiger partial charge >= 0.3 is 5.97 Å². The minimum atomic E-state index is -1.78. The van der Waals surface area contributed by atoms with E-state index in [1.165, 1.54) is 13.2 Å². The molecule has 2 saturated heterocycles. The van der Waals surface area contributed by atoms with Gasteiger partial charge < -0.3 is 39.0 Å². The smallest absolute Gasteiger partial charge is 0.331 e. The first-order valence-corrected chi connectivity index (χ1v) is 14.7. The lowest BCUT2D eigenvalue weighted by Gasteiger charge is -2.62. The number of esters is 1. The highest BCUT2D eigenvalue weighted by atomic mass is 16.8. The lowest BCUT2D eigenvalue weighted by atomic mass is 9.46. The number of ketones is 1. The van der Waals surface area contributed by atoms with Crippen LogP contribution in [0, 0.1) is 28.6 Å². The quantitative estimate of drug-likeness (QED) is 0.341. The Labute approximate surface area is 233 Å². The summed E-state index contributed by atoms with van der Waals surface area (Å²) in [6.07, 6.45) is 2.67. The fourth-order valence-corrected chi connectivity index (χ4v) is 9.79. The molecule has 12 atom stereocenters. The van der Waals surface area contributed by atoms with Crippen molar-refractivity contribution < 1.29 is 48.6 Å². The predicted octanol–water partition coefficient (Wildman–Crippen LogP) is 2.46. The summed E-state index contributed by atoms with van der Waals surface area (Å²) >= 11 is 0. The second kappa shape index (κ2) is 8.61. The molecule has 3 heterocycles. The van der Waals surface area contributed by atoms with E-state index in [-0.39, 0.29) is 36.4 Å². The van der Waals surface area contributed by atoms with Crippen LogP contribution in [0.15, 0.2) is 23.0 Å². The first-order valence-electron chi connectivity index (χ1n) is 14.7. The molecule has 7 rings (SSSR count). The van der Waals surface area contributed by atoms with Crippen molar-refractivity contribution in [3.05, 3.63) is 23.0 Å². The normalized spacial score (nSPS) is 53.6. The number of fused-ring (bicyclic) bond motifs is 7. The van der Waals surface area contributed by atoms with Crippen LogP contribution in [0.3, 0.4) is 0 Å². The summed E-state index contributed by atoms with van der Waals surface area (Å²) in [6, 6.07) is 0. The van der Waals surface area contributed by atoms with Crippen molar-refractivity contribution in [1.29, 1.82) is 0 Å². The molecule has 0 radical (unpaired) electrons. The zero-order chi connectivity index (χ0) is 28.4. The topological polar surface area (TPSA) is 141 Å². The highest BCUT2D eigenvalue weighted by Crippen LogP contribution is 2.68. The molecule has 0 aromatic carbocycles. The van der Waals surface area contributed by atoms with Crippen molar-refractivity contribution in [2.75, 3.05) is 13.7 Å². The largest absolute Gasteiger partial charge is 0.504 e. The summed E-state index contributed by atoms with van der Waals surface area (Å²) in [7, 11) is 1.53. The summed E-state index contributed by atoms with van der Waals surface area (Å²) in [6.45, 7) is 5.82. The number of Topliss-reactive ketones (excluding diaryl/α,β-unsaturated/α-hetero) is 1. The number of cyclic esters (lactones) is 1. The van der Waals surface area contributed by atoms with E-state index in [0.717, 1.165) is 6.42 Å². The maximum absolute atomic E-state index is 14.1. The molecule has 0 bridgehead atoms. The van der Waals surface area contributed by atoms with Crippen LogP contribution in [0.1, 0.15) is 65.7 Å². The van der Waals surface area contributed by atoms with Crippen LogP contribution >= 0.6 is 0 Å². The number of methoxy groups -OCH3 is 1. The van der Waals surface area contributed by atoms with Gasteiger partial charge in [0.1, 0.15) is 12.7 Å². The standard InChI is InChI=1S/C30H40O10/c1-14-9-21(36-4)30(35)26(38-14)39-19-11-16-5-6-18-23(27(16,2)12-20(19)40-30)24(32)25(33)28(3)17(7-8-29(18,28)34)15-10-22(31)37-13-15/h10,14,16-21,26,32,34-35H,5-9,11-13H2,1-4H3/t14-,16-,17-,18-,19-,20-,21-,26+,27+,28+,29+,30+/m1/s1. The zero-order valence-corrected chi connectivity index (χ0v) is 23.6. The molecule has 3 aliphatic heterocycles. The van der Waals surface area contributed by atoms with Gasteiger partial charge in [-0.15, -0.1) is 0 Å². The van der Waals surface area contributed by atoms with E-state index in [0.29, 0.717) is 49.7 Å². The lowest BCUT2D eigenvalue weighted by molar-refractivity contribution is -0.458. The average Bonchev–Trinajstić information content (AvgIpc) is 3.45. The van der Waals surface area contributed by atoms with Crippen LogP contribution in [0.2, 0.25) is 0 Å². The number of ether oxygens (including phenoxy) is 5. The van der Waals surface area contributed by atoms with Crippen LogP contribution < -0.4 is 0 Å². The maximum atomic E-state index is 14.1. The second-order valence-corrected chi connectivity index (χ2v) is 13.6. The average molecular weight is 561 g/mol. The Kier molecular flexibility index (Phi) is 5.82. The maximum Gasteiger partial charge on any atom is 0.331 e. The third-order valence-corrected chi connectivity index (χ3v) is 11.9. The van der Waals surface area contributed by atoms with Gasteiger partial charge in [-0.05, 0) is 80.8 Å². The van der Waals surface area contributed by atoms with Crippen molar-refractivity contribution >= 4 is 11.8 Å². The second-order valence-electron chi connectivity index (χ2n) is 13.6. The fourth-order valence-electron chi connectivity index (χ4n) is 9.79. The number of rotatable bonds is 2. The molecule has 7 aliphatic rings. The molecule has 0 aromatic heterocycles. The Morgan fingerprint density at radius 3 is 2.50 bits per heavy atom. The van der Waals surface area contributed by atoms with Gasteiger partial charge in [0.2, 0.25) is 17.9 Å². The molecule has 10 heteroatoms. The summed E-state index contributed by atoms with van der Waals surface area (Å²) < 4.78 is 29.4. The first kappa shape index (κ1) is 27.0. The predicted molar refractivity (Wildman–Crippen MR) is 137 cm³/mol. The van der Waals surface area contributed by atoms with Crippen molar-refractivity contribution in [3.63, 3.8) is 0 Å². The Hall–Kier alpha value is -1.82. The molecule has 4 aliphatic carbocycles. The number of hydrogen-bond donors (Lipinski definition) is 3. The van der Waals surface area contributed by atoms with E-state index >= 15 is 0 Å². The number of hydrogen-bond acceptors (Lipinski definition) is 10. The number of aliphatic hydroxyl groups excluding tert-OH is 1. The van der Waals surface area contributed by atoms with Gasteiger partial charge in [-0.3, -0.25) is 4.79 Å². The highest BCUT2D eigenvalue weighted by molar-refractivity contribution is 6.02. The number of carbonyl (C=O) groups is 2. The Morgan fingerprint density at radius 2 is 1.80 bits per heavy atom. The molecule has 220 valence electrons. The van der Waals surface area contributed by atoms with E-state index in [4.69, 9.17) is 23.7 Å². The zero-order valence-electron chi connectivity index (χ0n) is 23.6. The van der Waals surface area contributed by atoms with Crippen molar-refractivity contribution in [2.24, 2.45) is 28.6 Å². The molecule has 0 amide bonds. The molecule has 5 fully saturated rings. The van der Waals surface area contributed by atoms with E-state index in [1.807, 2.05) is 6.92 Å². The Morgan fingerprint density at radius 1 is 1.02 bits per heavy atom. The third kappa shape index (κ3) is 3.26. The first-order chi connectivity index (χ1) is 18.9. The number of allylic oxidation sites excluding steroid dienone is 1. The molecule has 0 spiro atoms. The van der Waals surface area contributed by atoms with E-state index < -0.39 is 58.4 Å². The summed E-state index contributed by atoms with van der Waals surface area (Å²) in [5, 5.41) is 35.7. The minimum absolute atomic E-state index is 0.0812. The van der Waals surface area contributed by atoms with Crippen molar-refractivity contribution in [3.8, 4) is 0 Å². The third-order valence-electron chi connectivity index (χ3n) is 11.9. The monoisotopic (exact) mass is 560 g/mol. The molecule has 40 heavy (non-hydrogen) atoms. The van der Waals surface area contributed by atoms with Crippen LogP contribution in [-0.4, -0.2) is 82.9 Å². The summed E-state index contributed by atoms with van der Waals surface area (Å²) in [4.78, 5) is 26.0. The molecule has 3 saturated carbocycles. The van der Waals surface area contributed by atoms with Gasteiger partial charge in [0, 0.05) is 25.5 Å². The Bertz CT molecular complexity index is 1210. The van der Waals surface area contributed by atoms with Crippen molar-refractivity contribution in [2.45, 2.75) is 108 Å². The Balaban J connectivity index is 1.25. The SMILES string of the molecule is CO[C@@H]1C[C@@H](C)O[C@H]2O[C@@H]3C[C@H]4CC[C@@H]5C(=C(O)C(=O)[C@]6(C)[C@@H](C7=CC(=O)OC7)CC[C@]56O)[C@@]4(C)C[C@H]3O[C@]21O. The minimum Gasteiger partial charge on any atom is -0.504 e.